The highest BCUT2D eigenvalue weighted by Gasteiger charge is 2.20. The molecule has 0 fully saturated rings. The van der Waals surface area contributed by atoms with Gasteiger partial charge in [-0.1, -0.05) is 109 Å². The number of aromatic nitrogens is 2. The fraction of sp³-hybridized carbons (Fsp3) is 0. The highest BCUT2D eigenvalue weighted by molar-refractivity contribution is 6.20. The summed E-state index contributed by atoms with van der Waals surface area (Å²) in [7, 11) is 0. The molecule has 0 saturated carbocycles. The second-order valence-corrected chi connectivity index (χ2v) is 14.1. The summed E-state index contributed by atoms with van der Waals surface area (Å²) in [4.78, 5) is 0. The lowest BCUT2D eigenvalue weighted by Crippen LogP contribution is -1.95. The molecule has 12 aromatic rings. The fourth-order valence-electron chi connectivity index (χ4n) is 8.66. The smallest absolute Gasteiger partial charge is 0.213 e. The van der Waals surface area contributed by atoms with Gasteiger partial charge < -0.3 is 13.4 Å². The van der Waals surface area contributed by atoms with E-state index in [1.54, 1.807) is 0 Å². The van der Waals surface area contributed by atoms with Gasteiger partial charge in [0.05, 0.1) is 21.9 Å². The van der Waals surface area contributed by atoms with Gasteiger partial charge in [0.15, 0.2) is 0 Å². The first-order valence-corrected chi connectivity index (χ1v) is 18.3. The molecule has 252 valence electrons. The van der Waals surface area contributed by atoms with Gasteiger partial charge in [-0.15, -0.1) is 0 Å². The molecular weight excluding hydrogens is 661 g/mol. The summed E-state index contributed by atoms with van der Waals surface area (Å²) in [5, 5.41) is 8.19. The van der Waals surface area contributed by atoms with Gasteiger partial charge in [0.2, 0.25) is 5.71 Å². The first kappa shape index (κ1) is 29.3. The number of rotatable bonds is 4. The van der Waals surface area contributed by atoms with Crippen LogP contribution in [0.25, 0.3) is 110 Å². The Kier molecular flexibility index (Phi) is 6.02. The standard InChI is InChI=1S/C50H30N2O2/c1-2-12-35(13-3-1)52-45-30-34(21-24-39(45)49-40-17-6-9-20-47(40)54-50(49)52)31-11-10-14-36(27-31)51-43-18-7-4-15-37(43)41-28-32(22-25-44(41)51)33-23-26-48-42(29-33)38-16-5-8-19-46(38)53-48/h1-30H. The minimum Gasteiger partial charge on any atom is -0.456 e. The van der Waals surface area contributed by atoms with Crippen LogP contribution < -0.4 is 0 Å². The van der Waals surface area contributed by atoms with Crippen LogP contribution in [0.3, 0.4) is 0 Å². The van der Waals surface area contributed by atoms with Crippen molar-refractivity contribution in [2.24, 2.45) is 0 Å². The number of benzene rings is 8. The Balaban J connectivity index is 1.01. The molecule has 0 radical (unpaired) electrons. The van der Waals surface area contributed by atoms with Crippen molar-refractivity contribution in [3.8, 4) is 33.6 Å². The molecule has 4 aromatic heterocycles. The predicted octanol–water partition coefficient (Wildman–Crippen LogP) is 13.9. The molecule has 4 heteroatoms. The van der Waals surface area contributed by atoms with E-state index < -0.39 is 0 Å². The molecular formula is C50H30N2O2. The lowest BCUT2D eigenvalue weighted by molar-refractivity contribution is 0.645. The Hall–Kier alpha value is -7.30. The predicted molar refractivity (Wildman–Crippen MR) is 223 cm³/mol. The Morgan fingerprint density at radius 2 is 0.907 bits per heavy atom. The van der Waals surface area contributed by atoms with Crippen molar-refractivity contribution in [3.63, 3.8) is 0 Å². The first-order chi connectivity index (χ1) is 26.8. The van der Waals surface area contributed by atoms with Crippen molar-refractivity contribution in [1.82, 2.24) is 9.13 Å². The molecule has 4 heterocycles. The zero-order valence-electron chi connectivity index (χ0n) is 29.0. The number of nitrogens with zero attached hydrogens (tertiary/aromatic N) is 2. The van der Waals surface area contributed by atoms with E-state index in [1.807, 2.05) is 24.3 Å². The van der Waals surface area contributed by atoms with E-state index in [-0.39, 0.29) is 0 Å². The molecule has 0 aliphatic rings. The summed E-state index contributed by atoms with van der Waals surface area (Å²) in [6.45, 7) is 0. The van der Waals surface area contributed by atoms with Crippen LogP contribution in [0.4, 0.5) is 0 Å². The third-order valence-electron chi connectivity index (χ3n) is 11.1. The third kappa shape index (κ3) is 4.19. The second-order valence-electron chi connectivity index (χ2n) is 14.1. The molecule has 0 unspecified atom stereocenters. The monoisotopic (exact) mass is 690 g/mol. The van der Waals surface area contributed by atoms with Crippen molar-refractivity contribution in [1.29, 1.82) is 0 Å². The average Bonchev–Trinajstić information content (AvgIpc) is 3.97. The number of furan rings is 2. The zero-order valence-corrected chi connectivity index (χ0v) is 29.0. The highest BCUT2D eigenvalue weighted by Crippen LogP contribution is 2.42. The summed E-state index contributed by atoms with van der Waals surface area (Å²) in [5.74, 6) is 0. The van der Waals surface area contributed by atoms with Crippen molar-refractivity contribution in [2.75, 3.05) is 0 Å². The Bertz CT molecular complexity index is 3450. The Labute approximate surface area is 309 Å². The Morgan fingerprint density at radius 3 is 1.78 bits per heavy atom. The van der Waals surface area contributed by atoms with Crippen LogP contribution in [0.1, 0.15) is 0 Å². The molecule has 12 rings (SSSR count). The summed E-state index contributed by atoms with van der Waals surface area (Å²) in [6, 6.07) is 64.9. The summed E-state index contributed by atoms with van der Waals surface area (Å²) < 4.78 is 17.3. The lowest BCUT2D eigenvalue weighted by atomic mass is 10.0. The van der Waals surface area contributed by atoms with Crippen LogP contribution in [-0.4, -0.2) is 9.13 Å². The van der Waals surface area contributed by atoms with E-state index in [1.165, 1.54) is 38.3 Å². The fourth-order valence-corrected chi connectivity index (χ4v) is 8.66. The van der Waals surface area contributed by atoms with Crippen LogP contribution in [0.2, 0.25) is 0 Å². The van der Waals surface area contributed by atoms with Gasteiger partial charge in [0.25, 0.3) is 0 Å². The molecule has 4 nitrogen and oxygen atoms in total. The molecule has 0 amide bonds. The lowest BCUT2D eigenvalue weighted by Gasteiger charge is -2.12. The maximum Gasteiger partial charge on any atom is 0.213 e. The van der Waals surface area contributed by atoms with Gasteiger partial charge in [-0.05, 0) is 95.1 Å². The number of para-hydroxylation sites is 4. The van der Waals surface area contributed by atoms with Crippen LogP contribution in [0.15, 0.2) is 191 Å². The van der Waals surface area contributed by atoms with Crippen LogP contribution >= 0.6 is 0 Å². The van der Waals surface area contributed by atoms with Gasteiger partial charge >= 0.3 is 0 Å². The summed E-state index contributed by atoms with van der Waals surface area (Å²) in [5.41, 5.74) is 13.9. The van der Waals surface area contributed by atoms with E-state index >= 15 is 0 Å². The van der Waals surface area contributed by atoms with Crippen LogP contribution in [0.5, 0.6) is 0 Å². The molecule has 8 aromatic carbocycles. The second kappa shape index (κ2) is 11.1. The van der Waals surface area contributed by atoms with Crippen LogP contribution in [0, 0.1) is 0 Å². The van der Waals surface area contributed by atoms with E-state index in [0.717, 1.165) is 72.0 Å². The minimum absolute atomic E-state index is 0.867. The van der Waals surface area contributed by atoms with Gasteiger partial charge in [-0.3, -0.25) is 4.57 Å². The number of fused-ring (bicyclic) bond motifs is 11. The minimum atomic E-state index is 0.867. The molecule has 0 saturated heterocycles. The molecule has 0 bridgehead atoms. The van der Waals surface area contributed by atoms with Gasteiger partial charge in [-0.25, -0.2) is 0 Å². The van der Waals surface area contributed by atoms with E-state index in [2.05, 4.69) is 167 Å². The SMILES string of the molecule is c1ccc(-n2c3cc(-c4cccc(-n5c6ccccc6c6cc(-c7ccc8oc9ccccc9c8c7)ccc65)c4)ccc3c3c4ccccc4oc32)cc1. The number of hydrogen-bond acceptors (Lipinski definition) is 2. The van der Waals surface area contributed by atoms with Gasteiger partial charge in [0, 0.05) is 43.7 Å². The van der Waals surface area contributed by atoms with Crippen LogP contribution in [-0.2, 0) is 0 Å². The number of hydrogen-bond donors (Lipinski definition) is 0. The van der Waals surface area contributed by atoms with Gasteiger partial charge in [-0.2, -0.15) is 0 Å². The summed E-state index contributed by atoms with van der Waals surface area (Å²) >= 11 is 0. The van der Waals surface area contributed by atoms with Crippen molar-refractivity contribution in [2.45, 2.75) is 0 Å². The molecule has 0 N–H and O–H groups in total. The molecule has 0 aliphatic heterocycles. The first-order valence-electron chi connectivity index (χ1n) is 18.3. The highest BCUT2D eigenvalue weighted by atomic mass is 16.3. The topological polar surface area (TPSA) is 36.1 Å². The maximum absolute atomic E-state index is 6.54. The maximum atomic E-state index is 6.54. The van der Waals surface area contributed by atoms with Gasteiger partial charge in [0.1, 0.15) is 16.7 Å². The molecule has 0 spiro atoms. The summed E-state index contributed by atoms with van der Waals surface area (Å²) in [6.07, 6.45) is 0. The van der Waals surface area contributed by atoms with E-state index in [0.29, 0.717) is 0 Å². The van der Waals surface area contributed by atoms with Crippen molar-refractivity contribution in [3.05, 3.63) is 182 Å². The van der Waals surface area contributed by atoms with E-state index in [9.17, 15) is 0 Å². The van der Waals surface area contributed by atoms with Crippen molar-refractivity contribution >= 4 is 76.7 Å². The quantitative estimate of drug-likeness (QED) is 0.184. The normalized spacial score (nSPS) is 12.1. The molecule has 0 aliphatic carbocycles. The molecule has 54 heavy (non-hydrogen) atoms. The van der Waals surface area contributed by atoms with E-state index in [4.69, 9.17) is 8.83 Å². The Morgan fingerprint density at radius 1 is 0.296 bits per heavy atom. The third-order valence-corrected chi connectivity index (χ3v) is 11.1. The zero-order chi connectivity index (χ0) is 35.3. The average molecular weight is 691 g/mol. The largest absolute Gasteiger partial charge is 0.456 e. The van der Waals surface area contributed by atoms with Crippen molar-refractivity contribution < 1.29 is 8.83 Å². The molecule has 0 atom stereocenters.